The maximum atomic E-state index is 14.2. The van der Waals surface area contributed by atoms with E-state index in [-0.39, 0.29) is 21.8 Å². The van der Waals surface area contributed by atoms with Crippen LogP contribution in [0, 0.1) is 17.7 Å². The van der Waals surface area contributed by atoms with Crippen molar-refractivity contribution in [2.45, 2.75) is 4.90 Å². The van der Waals surface area contributed by atoms with Crippen LogP contribution in [0.25, 0.3) is 22.3 Å². The van der Waals surface area contributed by atoms with Crippen LogP contribution in [0.4, 0.5) is 8.78 Å². The molecule has 127 valence electrons. The van der Waals surface area contributed by atoms with Gasteiger partial charge in [0.15, 0.2) is 9.84 Å². The van der Waals surface area contributed by atoms with Gasteiger partial charge in [-0.3, -0.25) is 0 Å². The first-order chi connectivity index (χ1) is 11.8. The van der Waals surface area contributed by atoms with Crippen molar-refractivity contribution in [1.29, 1.82) is 0 Å². The Morgan fingerprint density at radius 1 is 1.00 bits per heavy atom. The zero-order valence-corrected chi connectivity index (χ0v) is 13.9. The molecule has 0 heterocycles. The summed E-state index contributed by atoms with van der Waals surface area (Å²) in [4.78, 5) is 0.144. The molecule has 0 atom stereocenters. The average Bonchev–Trinajstić information content (AvgIpc) is 2.55. The third-order valence-corrected chi connectivity index (χ3v) is 4.88. The van der Waals surface area contributed by atoms with Gasteiger partial charge in [-0.15, -0.1) is 0 Å². The molecule has 0 bridgehead atoms. The molecule has 0 saturated carbocycles. The Morgan fingerprint density at radius 2 is 1.68 bits per heavy atom. The lowest BCUT2D eigenvalue weighted by molar-refractivity contribution is 0.476. The number of rotatable bonds is 3. The van der Waals surface area contributed by atoms with E-state index in [1.54, 1.807) is 12.1 Å². The summed E-state index contributed by atoms with van der Waals surface area (Å²) in [5.41, 5.74) is 1.11. The molecule has 0 aliphatic heterocycles. The van der Waals surface area contributed by atoms with Gasteiger partial charge < -0.3 is 5.11 Å². The Bertz CT molecular complexity index is 1040. The first-order valence-electron chi connectivity index (χ1n) is 7.27. The highest BCUT2D eigenvalue weighted by Crippen LogP contribution is 2.39. The Hall–Kier alpha value is -2.73. The molecular formula is C19H13F2O3S. The first kappa shape index (κ1) is 17.1. The number of phenols is 1. The van der Waals surface area contributed by atoms with E-state index in [0.717, 1.165) is 18.4 Å². The van der Waals surface area contributed by atoms with E-state index in [4.69, 9.17) is 0 Å². The van der Waals surface area contributed by atoms with Gasteiger partial charge in [0.25, 0.3) is 0 Å². The van der Waals surface area contributed by atoms with E-state index < -0.39 is 21.5 Å². The van der Waals surface area contributed by atoms with Crippen LogP contribution in [0.2, 0.25) is 0 Å². The molecule has 0 fully saturated rings. The smallest absolute Gasteiger partial charge is 0.175 e. The second-order valence-electron chi connectivity index (χ2n) is 5.53. The van der Waals surface area contributed by atoms with E-state index in [1.165, 1.54) is 30.3 Å². The zero-order chi connectivity index (χ0) is 18.2. The number of hydrogen-bond donors (Lipinski definition) is 1. The average molecular weight is 359 g/mol. The summed E-state index contributed by atoms with van der Waals surface area (Å²) in [6, 6.07) is 14.8. The van der Waals surface area contributed by atoms with E-state index in [2.05, 4.69) is 6.07 Å². The molecule has 0 aromatic heterocycles. The van der Waals surface area contributed by atoms with Crippen molar-refractivity contribution in [3.63, 3.8) is 0 Å². The highest BCUT2D eigenvalue weighted by molar-refractivity contribution is 7.90. The minimum absolute atomic E-state index is 0.0259. The molecular weight excluding hydrogens is 346 g/mol. The van der Waals surface area contributed by atoms with E-state index in [1.807, 2.05) is 0 Å². The normalized spacial score (nSPS) is 11.5. The molecule has 0 unspecified atom stereocenters. The first-order valence-corrected chi connectivity index (χ1v) is 9.16. The van der Waals surface area contributed by atoms with Crippen molar-refractivity contribution in [2.24, 2.45) is 0 Å². The van der Waals surface area contributed by atoms with Gasteiger partial charge in [-0.25, -0.2) is 17.2 Å². The number of phenolic OH excluding ortho intramolecular Hbond substituents is 1. The molecule has 3 rings (SSSR count). The summed E-state index contributed by atoms with van der Waals surface area (Å²) in [5, 5.41) is 10.2. The van der Waals surface area contributed by atoms with E-state index in [9.17, 15) is 22.3 Å². The molecule has 1 N–H and O–H groups in total. The highest BCUT2D eigenvalue weighted by Gasteiger charge is 2.17. The van der Waals surface area contributed by atoms with Crippen molar-refractivity contribution in [3.8, 4) is 28.0 Å². The maximum Gasteiger partial charge on any atom is 0.175 e. The third-order valence-electron chi connectivity index (χ3n) is 3.75. The lowest BCUT2D eigenvalue weighted by Gasteiger charge is -2.13. The predicted octanol–water partition coefficient (Wildman–Crippen LogP) is 4.21. The summed E-state index contributed by atoms with van der Waals surface area (Å²) in [7, 11) is -3.34. The number of sulfone groups is 1. The summed E-state index contributed by atoms with van der Waals surface area (Å²) in [5.74, 6) is -1.73. The van der Waals surface area contributed by atoms with Crippen LogP contribution in [0.15, 0.2) is 59.5 Å². The topological polar surface area (TPSA) is 54.4 Å². The summed E-state index contributed by atoms with van der Waals surface area (Å²) >= 11 is 0. The fourth-order valence-corrected chi connectivity index (χ4v) is 3.18. The van der Waals surface area contributed by atoms with Crippen LogP contribution in [-0.4, -0.2) is 19.8 Å². The molecule has 25 heavy (non-hydrogen) atoms. The Balaban J connectivity index is 2.20. The van der Waals surface area contributed by atoms with Gasteiger partial charge in [0.2, 0.25) is 0 Å². The van der Waals surface area contributed by atoms with Crippen molar-refractivity contribution in [1.82, 2.24) is 0 Å². The fraction of sp³-hybridized carbons (Fsp3) is 0.0526. The second-order valence-corrected chi connectivity index (χ2v) is 7.55. The molecule has 1 radical (unpaired) electrons. The minimum atomic E-state index is -3.34. The van der Waals surface area contributed by atoms with Gasteiger partial charge in [0.05, 0.1) is 4.90 Å². The molecule has 0 saturated heterocycles. The predicted molar refractivity (Wildman–Crippen MR) is 90.8 cm³/mol. The maximum absolute atomic E-state index is 14.2. The van der Waals surface area contributed by atoms with Crippen LogP contribution in [0.3, 0.4) is 0 Å². The van der Waals surface area contributed by atoms with Gasteiger partial charge >= 0.3 is 0 Å². The second kappa shape index (κ2) is 6.29. The SMILES string of the molecule is CS(=O)(=O)c1ccc(-c2[c]ccc(O)c2-c2ccc(F)cc2F)cc1. The molecule has 3 aromatic carbocycles. The minimum Gasteiger partial charge on any atom is -0.507 e. The van der Waals surface area contributed by atoms with E-state index >= 15 is 0 Å². The number of halogens is 2. The van der Waals surface area contributed by atoms with Crippen LogP contribution < -0.4 is 0 Å². The number of aromatic hydroxyl groups is 1. The molecule has 0 aliphatic carbocycles. The molecule has 3 nitrogen and oxygen atoms in total. The Kier molecular flexibility index (Phi) is 4.30. The number of benzene rings is 3. The molecule has 0 spiro atoms. The quantitative estimate of drug-likeness (QED) is 0.762. The zero-order valence-electron chi connectivity index (χ0n) is 13.1. The lowest BCUT2D eigenvalue weighted by Crippen LogP contribution is -1.96. The van der Waals surface area contributed by atoms with Gasteiger partial charge in [0.1, 0.15) is 17.4 Å². The van der Waals surface area contributed by atoms with Crippen molar-refractivity contribution in [2.75, 3.05) is 6.26 Å². The summed E-state index contributed by atoms with van der Waals surface area (Å²) < 4.78 is 50.5. The molecule has 0 amide bonds. The van der Waals surface area contributed by atoms with Gasteiger partial charge in [-0.05, 0) is 42.0 Å². The molecule has 3 aromatic rings. The van der Waals surface area contributed by atoms with Crippen molar-refractivity contribution >= 4 is 9.84 Å². The van der Waals surface area contributed by atoms with Gasteiger partial charge in [-0.1, -0.05) is 18.2 Å². The third kappa shape index (κ3) is 3.39. The van der Waals surface area contributed by atoms with Crippen molar-refractivity contribution in [3.05, 3.63) is 72.3 Å². The van der Waals surface area contributed by atoms with Crippen LogP contribution in [-0.2, 0) is 9.84 Å². The monoisotopic (exact) mass is 359 g/mol. The van der Waals surface area contributed by atoms with Crippen LogP contribution in [0.5, 0.6) is 5.75 Å². The van der Waals surface area contributed by atoms with E-state index in [0.29, 0.717) is 11.1 Å². The van der Waals surface area contributed by atoms with Gasteiger partial charge in [0, 0.05) is 29.0 Å². The lowest BCUT2D eigenvalue weighted by atomic mass is 9.93. The number of hydrogen-bond acceptors (Lipinski definition) is 3. The van der Waals surface area contributed by atoms with Crippen molar-refractivity contribution < 1.29 is 22.3 Å². The van der Waals surface area contributed by atoms with Crippen LogP contribution >= 0.6 is 0 Å². The summed E-state index contributed by atoms with van der Waals surface area (Å²) in [6.07, 6.45) is 1.10. The Labute approximate surface area is 144 Å². The standard InChI is InChI=1S/C19H13F2O3S/c1-25(23,24)14-8-5-12(6-9-14)15-3-2-4-18(22)19(15)16-10-7-13(20)11-17(16)21/h2,4-11,22H,1H3. The van der Waals surface area contributed by atoms with Gasteiger partial charge in [-0.2, -0.15) is 0 Å². The molecule has 6 heteroatoms. The molecule has 0 aliphatic rings. The Morgan fingerprint density at radius 3 is 2.28 bits per heavy atom. The fourth-order valence-electron chi connectivity index (χ4n) is 2.55. The summed E-state index contributed by atoms with van der Waals surface area (Å²) in [6.45, 7) is 0. The largest absolute Gasteiger partial charge is 0.507 e. The van der Waals surface area contributed by atoms with Crippen LogP contribution in [0.1, 0.15) is 0 Å². The highest BCUT2D eigenvalue weighted by atomic mass is 32.2.